The quantitative estimate of drug-likeness (QED) is 0.558. The molecule has 0 bridgehead atoms. The zero-order valence-corrected chi connectivity index (χ0v) is 14.2. The second-order valence-corrected chi connectivity index (χ2v) is 6.49. The van der Waals surface area contributed by atoms with Gasteiger partial charge in [0.05, 0.1) is 18.4 Å². The molecule has 6 heteroatoms. The monoisotopic (exact) mass is 362 g/mol. The van der Waals surface area contributed by atoms with E-state index in [0.29, 0.717) is 34.5 Å². The van der Waals surface area contributed by atoms with E-state index in [1.807, 2.05) is 24.3 Å². The van der Waals surface area contributed by atoms with Gasteiger partial charge in [0.1, 0.15) is 22.5 Å². The third kappa shape index (κ3) is 2.41. The van der Waals surface area contributed by atoms with Crippen molar-refractivity contribution in [2.45, 2.75) is 12.8 Å². The molecule has 0 saturated carbocycles. The molecule has 6 nitrogen and oxygen atoms in total. The highest BCUT2D eigenvalue weighted by molar-refractivity contribution is 6.04. The molecule has 0 radical (unpaired) electrons. The summed E-state index contributed by atoms with van der Waals surface area (Å²) in [6.07, 6.45) is 0.446. The number of furan rings is 1. The number of carbonyl (C=O) groups is 1. The molecular weight excluding hydrogens is 348 g/mol. The molecule has 0 fully saturated rings. The largest absolute Gasteiger partial charge is 0.493 e. The molecule has 1 N–H and O–H groups in total. The molecule has 0 unspecified atom stereocenters. The number of aliphatic carboxylic acids is 1. The summed E-state index contributed by atoms with van der Waals surface area (Å²) in [4.78, 5) is 24.0. The van der Waals surface area contributed by atoms with Gasteiger partial charge in [-0.2, -0.15) is 0 Å². The van der Waals surface area contributed by atoms with Gasteiger partial charge in [0, 0.05) is 17.5 Å². The van der Waals surface area contributed by atoms with Gasteiger partial charge in [-0.05, 0) is 35.9 Å². The van der Waals surface area contributed by atoms with E-state index < -0.39 is 11.6 Å². The fourth-order valence-corrected chi connectivity index (χ4v) is 3.65. The lowest BCUT2D eigenvalue weighted by Gasteiger charge is -2.04. The van der Waals surface area contributed by atoms with Crippen LogP contribution in [0.5, 0.6) is 5.75 Å². The van der Waals surface area contributed by atoms with Crippen LogP contribution >= 0.6 is 0 Å². The highest BCUT2D eigenvalue weighted by Gasteiger charge is 2.24. The Morgan fingerprint density at radius 2 is 1.96 bits per heavy atom. The topological polar surface area (TPSA) is 89.9 Å². The molecule has 2 aromatic carbocycles. The second-order valence-electron chi connectivity index (χ2n) is 6.49. The molecule has 0 atom stereocenters. The number of benzene rings is 2. The Hall–Kier alpha value is -3.54. The number of para-hydroxylation sites is 1. The van der Waals surface area contributed by atoms with Gasteiger partial charge < -0.3 is 18.7 Å². The molecule has 27 heavy (non-hydrogen) atoms. The first-order valence-corrected chi connectivity index (χ1v) is 8.57. The smallest absolute Gasteiger partial charge is 0.347 e. The van der Waals surface area contributed by atoms with Gasteiger partial charge in [0.15, 0.2) is 5.58 Å². The zero-order chi connectivity index (χ0) is 18.5. The number of ether oxygens (including phenoxy) is 1. The van der Waals surface area contributed by atoms with Crippen molar-refractivity contribution in [3.63, 3.8) is 0 Å². The van der Waals surface area contributed by atoms with Crippen LogP contribution < -0.4 is 10.4 Å². The molecule has 0 spiro atoms. The predicted octanol–water partition coefficient (Wildman–Crippen LogP) is 3.77. The van der Waals surface area contributed by atoms with E-state index in [2.05, 4.69) is 0 Å². The summed E-state index contributed by atoms with van der Waals surface area (Å²) in [6.45, 7) is 0.620. The lowest BCUT2D eigenvalue weighted by molar-refractivity contribution is -0.136. The van der Waals surface area contributed by atoms with E-state index in [4.69, 9.17) is 13.6 Å². The number of hydrogen-bond acceptors (Lipinski definition) is 5. The van der Waals surface area contributed by atoms with Crippen LogP contribution in [0.4, 0.5) is 0 Å². The van der Waals surface area contributed by atoms with Crippen molar-refractivity contribution in [2.24, 2.45) is 0 Å². The van der Waals surface area contributed by atoms with E-state index in [-0.39, 0.29) is 11.8 Å². The maximum Gasteiger partial charge on any atom is 0.347 e. The summed E-state index contributed by atoms with van der Waals surface area (Å²) in [5, 5.41) is 10.2. The van der Waals surface area contributed by atoms with Crippen LogP contribution in [0.15, 0.2) is 56.1 Å². The minimum absolute atomic E-state index is 0.183. The first-order chi connectivity index (χ1) is 13.1. The van der Waals surface area contributed by atoms with Crippen molar-refractivity contribution < 1.29 is 23.5 Å². The highest BCUT2D eigenvalue weighted by atomic mass is 16.5. The van der Waals surface area contributed by atoms with E-state index in [9.17, 15) is 14.7 Å². The molecule has 3 heterocycles. The summed E-state index contributed by atoms with van der Waals surface area (Å²) >= 11 is 0. The summed E-state index contributed by atoms with van der Waals surface area (Å²) < 4.78 is 17.0. The van der Waals surface area contributed by atoms with Gasteiger partial charge in [-0.25, -0.2) is 4.79 Å². The van der Waals surface area contributed by atoms with Crippen molar-refractivity contribution in [1.82, 2.24) is 0 Å². The molecule has 2 aromatic heterocycles. The van der Waals surface area contributed by atoms with Crippen molar-refractivity contribution in [2.75, 3.05) is 6.61 Å². The first kappa shape index (κ1) is 15.7. The number of carboxylic acids is 1. The molecule has 4 aromatic rings. The number of rotatable bonds is 3. The van der Waals surface area contributed by atoms with E-state index in [1.54, 1.807) is 18.2 Å². The van der Waals surface area contributed by atoms with Crippen LogP contribution in [0.25, 0.3) is 33.3 Å². The Morgan fingerprint density at radius 1 is 1.11 bits per heavy atom. The minimum atomic E-state index is -1.05. The summed E-state index contributed by atoms with van der Waals surface area (Å²) in [5.41, 5.74) is 2.24. The first-order valence-electron chi connectivity index (χ1n) is 8.57. The van der Waals surface area contributed by atoms with Gasteiger partial charge >= 0.3 is 11.6 Å². The fraction of sp³-hybridized carbons (Fsp3) is 0.143. The van der Waals surface area contributed by atoms with Gasteiger partial charge in [-0.1, -0.05) is 12.1 Å². The lowest BCUT2D eigenvalue weighted by Crippen LogP contribution is -2.06. The third-order valence-electron chi connectivity index (χ3n) is 4.83. The summed E-state index contributed by atoms with van der Waals surface area (Å²) in [6, 6.07) is 12.6. The van der Waals surface area contributed by atoms with Crippen molar-refractivity contribution in [1.29, 1.82) is 0 Å². The predicted molar refractivity (Wildman–Crippen MR) is 98.2 cm³/mol. The third-order valence-corrected chi connectivity index (χ3v) is 4.83. The van der Waals surface area contributed by atoms with Crippen molar-refractivity contribution in [3.05, 3.63) is 64.0 Å². The van der Waals surface area contributed by atoms with Gasteiger partial charge in [-0.15, -0.1) is 0 Å². The molecule has 1 aliphatic heterocycles. The summed E-state index contributed by atoms with van der Waals surface area (Å²) in [7, 11) is 0. The number of hydrogen-bond donors (Lipinski definition) is 1. The maximum absolute atomic E-state index is 12.6. The second kappa shape index (κ2) is 5.74. The molecule has 0 amide bonds. The standard InChI is InChI=1S/C21H14O6/c22-17(23)10-14-18-20(13-3-1-2-4-16(13)26-21(18)24)27-19(14)12-5-6-15-11(9-12)7-8-25-15/h1-6,9H,7-8,10H2,(H,22,23). The minimum Gasteiger partial charge on any atom is -0.493 e. The van der Waals surface area contributed by atoms with Crippen LogP contribution in [0.1, 0.15) is 11.1 Å². The van der Waals surface area contributed by atoms with Crippen LogP contribution in [0, 0.1) is 0 Å². The molecule has 0 aliphatic carbocycles. The fourth-order valence-electron chi connectivity index (χ4n) is 3.65. The van der Waals surface area contributed by atoms with Gasteiger partial charge in [-0.3, -0.25) is 4.79 Å². The highest BCUT2D eigenvalue weighted by Crippen LogP contribution is 2.38. The van der Waals surface area contributed by atoms with E-state index >= 15 is 0 Å². The molecule has 5 rings (SSSR count). The average molecular weight is 362 g/mol. The molecule has 134 valence electrons. The van der Waals surface area contributed by atoms with Crippen LogP contribution in [0.2, 0.25) is 0 Å². The Morgan fingerprint density at radius 3 is 2.81 bits per heavy atom. The summed E-state index contributed by atoms with van der Waals surface area (Å²) in [5.74, 6) is 0.154. The van der Waals surface area contributed by atoms with Crippen LogP contribution in [-0.4, -0.2) is 17.7 Å². The molecule has 0 saturated heterocycles. The van der Waals surface area contributed by atoms with Crippen molar-refractivity contribution in [3.8, 4) is 17.1 Å². The SMILES string of the molecule is O=C(O)Cc1c(-c2ccc3c(c2)CCO3)oc2c1c(=O)oc1ccccc12. The van der Waals surface area contributed by atoms with E-state index in [0.717, 1.165) is 23.3 Å². The van der Waals surface area contributed by atoms with Crippen LogP contribution in [-0.2, 0) is 17.6 Å². The van der Waals surface area contributed by atoms with Crippen LogP contribution in [0.3, 0.4) is 0 Å². The van der Waals surface area contributed by atoms with Gasteiger partial charge in [0.25, 0.3) is 0 Å². The Kier molecular flexibility index (Phi) is 3.33. The van der Waals surface area contributed by atoms with Gasteiger partial charge in [0.2, 0.25) is 0 Å². The zero-order valence-electron chi connectivity index (χ0n) is 14.2. The Balaban J connectivity index is 1.86. The van der Waals surface area contributed by atoms with Crippen molar-refractivity contribution >= 4 is 27.9 Å². The number of carboxylic acid groups (broad SMARTS) is 1. The molecular formula is C21H14O6. The number of fused-ring (bicyclic) bond motifs is 4. The van der Waals surface area contributed by atoms with E-state index in [1.165, 1.54) is 0 Å². The maximum atomic E-state index is 12.6. The lowest BCUT2D eigenvalue weighted by atomic mass is 10.0. The average Bonchev–Trinajstić information content (AvgIpc) is 3.26. The normalized spacial score (nSPS) is 13.0. The Bertz CT molecular complexity index is 1280. The molecule has 1 aliphatic rings. The Labute approximate surface area is 152 Å².